The first-order valence-electron chi connectivity index (χ1n) is 5.02. The van der Waals surface area contributed by atoms with Crippen LogP contribution in [0.2, 0.25) is 0 Å². The molecule has 0 saturated heterocycles. The van der Waals surface area contributed by atoms with Gasteiger partial charge in [0.05, 0.1) is 18.4 Å². The highest BCUT2D eigenvalue weighted by atomic mass is 32.1. The first-order valence-corrected chi connectivity index (χ1v) is 5.90. The van der Waals surface area contributed by atoms with Gasteiger partial charge in [0, 0.05) is 25.0 Å². The fourth-order valence-electron chi connectivity index (χ4n) is 1.39. The minimum absolute atomic E-state index is 0.182. The summed E-state index contributed by atoms with van der Waals surface area (Å²) in [6, 6.07) is 3.94. The molecule has 0 bridgehead atoms. The highest BCUT2D eigenvalue weighted by Crippen LogP contribution is 2.12. The zero-order valence-electron chi connectivity index (χ0n) is 9.33. The fourth-order valence-corrected chi connectivity index (χ4v) is 2.14. The molecule has 4 nitrogen and oxygen atoms in total. The van der Waals surface area contributed by atoms with Crippen molar-refractivity contribution in [1.82, 2.24) is 14.9 Å². The number of amides is 1. The summed E-state index contributed by atoms with van der Waals surface area (Å²) < 4.78 is 0. The zero-order valence-corrected chi connectivity index (χ0v) is 10.1. The first-order chi connectivity index (χ1) is 8.16. The lowest BCUT2D eigenvalue weighted by Crippen LogP contribution is -2.26. The molecule has 2 aromatic heterocycles. The summed E-state index contributed by atoms with van der Waals surface area (Å²) in [7, 11) is 1.73. The van der Waals surface area contributed by atoms with Crippen molar-refractivity contribution < 1.29 is 4.79 Å². The van der Waals surface area contributed by atoms with E-state index in [4.69, 9.17) is 6.92 Å². The Hall–Kier alpha value is -1.75. The molecule has 1 amide bonds. The number of thiophene rings is 1. The highest BCUT2D eigenvalue weighted by molar-refractivity contribution is 7.09. The van der Waals surface area contributed by atoms with Gasteiger partial charge in [0.1, 0.15) is 5.69 Å². The molecule has 2 heterocycles. The van der Waals surface area contributed by atoms with E-state index in [1.54, 1.807) is 23.3 Å². The van der Waals surface area contributed by atoms with Crippen molar-refractivity contribution >= 4 is 17.2 Å². The van der Waals surface area contributed by atoms with Gasteiger partial charge in [0.15, 0.2) is 0 Å². The van der Waals surface area contributed by atoms with Crippen molar-refractivity contribution in [3.8, 4) is 0 Å². The molecule has 2 radical (unpaired) electrons. The average molecular weight is 245 g/mol. The second-order valence-corrected chi connectivity index (χ2v) is 4.60. The number of nitrogens with zero attached hydrogens (tertiary/aromatic N) is 3. The molecule has 0 spiro atoms. The SMILES string of the molecule is [CH]c1cncc(C(=O)N(C)Cc2cccs2)n1. The van der Waals surface area contributed by atoms with Crippen molar-refractivity contribution in [3.63, 3.8) is 0 Å². The van der Waals surface area contributed by atoms with Gasteiger partial charge in [-0.3, -0.25) is 9.78 Å². The Labute approximate surface area is 104 Å². The van der Waals surface area contributed by atoms with E-state index in [0.717, 1.165) is 4.88 Å². The lowest BCUT2D eigenvalue weighted by atomic mass is 10.3. The summed E-state index contributed by atoms with van der Waals surface area (Å²) in [5.74, 6) is -0.182. The van der Waals surface area contributed by atoms with E-state index < -0.39 is 0 Å². The van der Waals surface area contributed by atoms with Crippen LogP contribution < -0.4 is 0 Å². The standard InChI is InChI=1S/C12H11N3OS/c1-9-6-13-7-11(14-9)12(16)15(2)8-10-4-3-5-17-10/h1,3-7H,8H2,2H3. The first kappa shape index (κ1) is 11.7. The smallest absolute Gasteiger partial charge is 0.274 e. The molecule has 0 atom stereocenters. The van der Waals surface area contributed by atoms with Crippen LogP contribution in [0.3, 0.4) is 0 Å². The van der Waals surface area contributed by atoms with Gasteiger partial charge in [-0.2, -0.15) is 0 Å². The Bertz CT molecular complexity index is 510. The lowest BCUT2D eigenvalue weighted by Gasteiger charge is -2.15. The third-order valence-corrected chi connectivity index (χ3v) is 3.05. The number of rotatable bonds is 3. The normalized spacial score (nSPS) is 10.2. The molecule has 0 N–H and O–H groups in total. The topological polar surface area (TPSA) is 46.1 Å². The van der Waals surface area contributed by atoms with Gasteiger partial charge < -0.3 is 4.90 Å². The summed E-state index contributed by atoms with van der Waals surface area (Å²) >= 11 is 1.61. The van der Waals surface area contributed by atoms with Gasteiger partial charge in [0.2, 0.25) is 0 Å². The number of hydrogen-bond donors (Lipinski definition) is 0. The van der Waals surface area contributed by atoms with Gasteiger partial charge in [-0.1, -0.05) is 6.07 Å². The molecule has 86 valence electrons. The Morgan fingerprint density at radius 2 is 2.35 bits per heavy atom. The second-order valence-electron chi connectivity index (χ2n) is 3.57. The van der Waals surface area contributed by atoms with Crippen molar-refractivity contribution in [2.45, 2.75) is 6.54 Å². The maximum Gasteiger partial charge on any atom is 0.274 e. The molecule has 0 aliphatic rings. The maximum atomic E-state index is 12.0. The van der Waals surface area contributed by atoms with Crippen LogP contribution in [0.15, 0.2) is 29.9 Å². The molecule has 0 aliphatic carbocycles. The van der Waals surface area contributed by atoms with E-state index in [2.05, 4.69) is 9.97 Å². The molecule has 0 saturated carbocycles. The van der Waals surface area contributed by atoms with Crippen LogP contribution in [0, 0.1) is 6.92 Å². The summed E-state index contributed by atoms with van der Waals surface area (Å²) in [6.45, 7) is 6.05. The van der Waals surface area contributed by atoms with E-state index in [1.165, 1.54) is 12.4 Å². The van der Waals surface area contributed by atoms with Gasteiger partial charge in [0.25, 0.3) is 5.91 Å². The highest BCUT2D eigenvalue weighted by Gasteiger charge is 2.14. The molecular weight excluding hydrogens is 234 g/mol. The van der Waals surface area contributed by atoms with Gasteiger partial charge in [-0.05, 0) is 11.4 Å². The molecule has 17 heavy (non-hydrogen) atoms. The predicted octanol–water partition coefficient (Wildman–Crippen LogP) is 1.87. The quantitative estimate of drug-likeness (QED) is 0.829. The van der Waals surface area contributed by atoms with Crippen LogP contribution in [0.25, 0.3) is 0 Å². The summed E-state index contributed by atoms with van der Waals surface area (Å²) in [5.41, 5.74) is 0.518. The van der Waals surface area contributed by atoms with E-state index in [9.17, 15) is 4.79 Å². The predicted molar refractivity (Wildman–Crippen MR) is 65.6 cm³/mol. The number of hydrogen-bond acceptors (Lipinski definition) is 4. The van der Waals surface area contributed by atoms with Crippen molar-refractivity contribution in [3.05, 3.63) is 53.1 Å². The molecule has 0 aromatic carbocycles. The van der Waals surface area contributed by atoms with Crippen LogP contribution in [0.5, 0.6) is 0 Å². The van der Waals surface area contributed by atoms with Crippen LogP contribution >= 0.6 is 11.3 Å². The molecule has 2 aromatic rings. The van der Waals surface area contributed by atoms with Gasteiger partial charge >= 0.3 is 0 Å². The van der Waals surface area contributed by atoms with E-state index >= 15 is 0 Å². The molecule has 2 rings (SSSR count). The maximum absolute atomic E-state index is 12.0. The van der Waals surface area contributed by atoms with Crippen LogP contribution in [-0.4, -0.2) is 27.8 Å². The van der Waals surface area contributed by atoms with Crippen LogP contribution in [-0.2, 0) is 6.54 Å². The van der Waals surface area contributed by atoms with Crippen molar-refractivity contribution in [2.75, 3.05) is 7.05 Å². The third kappa shape index (κ3) is 2.88. The second kappa shape index (κ2) is 5.05. The van der Waals surface area contributed by atoms with Crippen LogP contribution in [0.1, 0.15) is 21.1 Å². The number of carbonyl (C=O) groups is 1. The van der Waals surface area contributed by atoms with E-state index in [0.29, 0.717) is 6.54 Å². The van der Waals surface area contributed by atoms with Crippen molar-refractivity contribution in [1.29, 1.82) is 0 Å². The lowest BCUT2D eigenvalue weighted by molar-refractivity contribution is 0.0780. The molecular formula is C12H11N3OS. The van der Waals surface area contributed by atoms with Gasteiger partial charge in [-0.25, -0.2) is 4.98 Å². The Morgan fingerprint density at radius 3 is 3.00 bits per heavy atom. The molecule has 0 aliphatic heterocycles. The molecule has 5 heteroatoms. The van der Waals surface area contributed by atoms with Crippen molar-refractivity contribution in [2.24, 2.45) is 0 Å². The fraction of sp³-hybridized carbons (Fsp3) is 0.167. The Kier molecular flexibility index (Phi) is 3.49. The Balaban J connectivity index is 2.09. The zero-order chi connectivity index (χ0) is 12.3. The third-order valence-electron chi connectivity index (χ3n) is 2.19. The minimum atomic E-state index is -0.182. The van der Waals surface area contributed by atoms with Crippen LogP contribution in [0.4, 0.5) is 0 Å². The number of carbonyl (C=O) groups excluding carboxylic acids is 1. The van der Waals surface area contributed by atoms with Gasteiger partial charge in [-0.15, -0.1) is 11.3 Å². The summed E-state index contributed by atoms with van der Waals surface area (Å²) in [6.07, 6.45) is 2.83. The summed E-state index contributed by atoms with van der Waals surface area (Å²) in [4.78, 5) is 22.5. The molecule has 0 unspecified atom stereocenters. The monoisotopic (exact) mass is 245 g/mol. The minimum Gasteiger partial charge on any atom is -0.335 e. The summed E-state index contributed by atoms with van der Waals surface area (Å²) in [5, 5.41) is 1.98. The Morgan fingerprint density at radius 1 is 1.53 bits per heavy atom. The largest absolute Gasteiger partial charge is 0.335 e. The van der Waals surface area contributed by atoms with E-state index in [-0.39, 0.29) is 17.3 Å². The van der Waals surface area contributed by atoms with E-state index in [1.807, 2.05) is 17.5 Å². The molecule has 0 fully saturated rings. The number of aromatic nitrogens is 2. The average Bonchev–Trinajstić information content (AvgIpc) is 2.80.